The fourth-order valence-electron chi connectivity index (χ4n) is 1.31. The summed E-state index contributed by atoms with van der Waals surface area (Å²) in [6, 6.07) is 15.9. The highest BCUT2D eigenvalue weighted by Crippen LogP contribution is 2.34. The monoisotopic (exact) mass is 367 g/mol. The van der Waals surface area contributed by atoms with Crippen molar-refractivity contribution in [2.75, 3.05) is 0 Å². The van der Waals surface area contributed by atoms with Crippen molar-refractivity contribution in [1.82, 2.24) is 0 Å². The van der Waals surface area contributed by atoms with Gasteiger partial charge >= 0.3 is 0 Å². The lowest BCUT2D eigenvalue weighted by Gasteiger charge is -2.05. The smallest absolute Gasteiger partial charge is 0.0992 e. The van der Waals surface area contributed by atoms with E-state index in [1.807, 2.05) is 30.3 Å². The van der Waals surface area contributed by atoms with Crippen molar-refractivity contribution in [3.63, 3.8) is 0 Å². The second-order valence-electron chi connectivity index (χ2n) is 3.32. The van der Waals surface area contributed by atoms with Gasteiger partial charge in [0.1, 0.15) is 0 Å². The zero-order valence-electron chi connectivity index (χ0n) is 8.65. The molecule has 0 heterocycles. The predicted octanol–water partition coefficient (Wildman–Crippen LogP) is 5.23. The molecule has 2 aromatic rings. The van der Waals surface area contributed by atoms with Crippen LogP contribution in [0, 0.1) is 11.3 Å². The van der Waals surface area contributed by atoms with Gasteiger partial charge < -0.3 is 0 Å². The summed E-state index contributed by atoms with van der Waals surface area (Å²) >= 11 is 8.59. The van der Waals surface area contributed by atoms with Gasteiger partial charge in [0.15, 0.2) is 0 Å². The van der Waals surface area contributed by atoms with Crippen LogP contribution in [0.5, 0.6) is 0 Å². The molecule has 0 N–H and O–H groups in total. The van der Waals surface area contributed by atoms with E-state index in [0.717, 1.165) is 18.7 Å². The molecule has 0 saturated heterocycles. The van der Waals surface area contributed by atoms with Crippen LogP contribution in [0.3, 0.4) is 0 Å². The standard InChI is InChI=1S/C13H7Br2NS/c14-10-2-1-3-11(7-10)17-13-5-4-9(8-16)6-12(13)15/h1-7H. The average Bonchev–Trinajstić information content (AvgIpc) is 2.32. The summed E-state index contributed by atoms with van der Waals surface area (Å²) in [6.07, 6.45) is 0. The molecule has 4 heteroatoms. The molecule has 0 unspecified atom stereocenters. The summed E-state index contributed by atoms with van der Waals surface area (Å²) < 4.78 is 2.01. The van der Waals surface area contributed by atoms with Gasteiger partial charge in [0.2, 0.25) is 0 Å². The van der Waals surface area contributed by atoms with Gasteiger partial charge in [-0.05, 0) is 52.3 Å². The first kappa shape index (κ1) is 12.7. The number of halogens is 2. The quantitative estimate of drug-likeness (QED) is 0.724. The van der Waals surface area contributed by atoms with E-state index in [1.54, 1.807) is 11.8 Å². The van der Waals surface area contributed by atoms with Gasteiger partial charge in [-0.2, -0.15) is 5.26 Å². The topological polar surface area (TPSA) is 23.8 Å². The highest BCUT2D eigenvalue weighted by molar-refractivity contribution is 9.10. The molecule has 2 aromatic carbocycles. The Morgan fingerprint density at radius 3 is 2.53 bits per heavy atom. The Balaban J connectivity index is 2.28. The summed E-state index contributed by atoms with van der Waals surface area (Å²) in [6.45, 7) is 0. The second kappa shape index (κ2) is 5.72. The maximum Gasteiger partial charge on any atom is 0.0992 e. The van der Waals surface area contributed by atoms with E-state index in [4.69, 9.17) is 5.26 Å². The molecule has 0 amide bonds. The number of nitrogens with zero attached hydrogens (tertiary/aromatic N) is 1. The first-order valence-electron chi connectivity index (χ1n) is 4.82. The zero-order valence-corrected chi connectivity index (χ0v) is 12.6. The van der Waals surface area contributed by atoms with Crippen molar-refractivity contribution in [1.29, 1.82) is 5.26 Å². The molecule has 0 aliphatic carbocycles. The first-order chi connectivity index (χ1) is 8.19. The number of hydrogen-bond donors (Lipinski definition) is 0. The molecule has 0 saturated carbocycles. The van der Waals surface area contributed by atoms with E-state index in [-0.39, 0.29) is 0 Å². The predicted molar refractivity (Wildman–Crippen MR) is 77.1 cm³/mol. The van der Waals surface area contributed by atoms with Crippen molar-refractivity contribution in [2.45, 2.75) is 9.79 Å². The van der Waals surface area contributed by atoms with E-state index in [0.29, 0.717) is 5.56 Å². The fourth-order valence-corrected chi connectivity index (χ4v) is 3.36. The van der Waals surface area contributed by atoms with Crippen LogP contribution in [0.2, 0.25) is 0 Å². The van der Waals surface area contributed by atoms with Crippen LogP contribution >= 0.6 is 43.6 Å². The van der Waals surface area contributed by atoms with Crippen molar-refractivity contribution in [2.24, 2.45) is 0 Å². The van der Waals surface area contributed by atoms with Crippen molar-refractivity contribution < 1.29 is 0 Å². The Labute approximate surface area is 121 Å². The molecule has 0 atom stereocenters. The molecule has 0 fully saturated rings. The number of rotatable bonds is 2. The number of benzene rings is 2. The molecule has 84 valence electrons. The van der Waals surface area contributed by atoms with Crippen molar-refractivity contribution in [3.8, 4) is 6.07 Å². The Morgan fingerprint density at radius 1 is 1.06 bits per heavy atom. The molecule has 0 aliphatic rings. The van der Waals surface area contributed by atoms with Gasteiger partial charge in [-0.25, -0.2) is 0 Å². The molecular formula is C13H7Br2NS. The van der Waals surface area contributed by atoms with Crippen LogP contribution in [0.25, 0.3) is 0 Å². The highest BCUT2D eigenvalue weighted by atomic mass is 79.9. The molecule has 2 rings (SSSR count). The summed E-state index contributed by atoms with van der Waals surface area (Å²) in [5, 5.41) is 8.80. The summed E-state index contributed by atoms with van der Waals surface area (Å²) in [7, 11) is 0. The van der Waals surface area contributed by atoms with Crippen LogP contribution in [0.4, 0.5) is 0 Å². The third-order valence-electron chi connectivity index (χ3n) is 2.08. The summed E-state index contributed by atoms with van der Waals surface area (Å²) in [5.74, 6) is 0. The molecule has 0 aliphatic heterocycles. The Hall–Kier alpha value is -0.760. The van der Waals surface area contributed by atoms with Crippen LogP contribution in [0.1, 0.15) is 5.56 Å². The summed E-state index contributed by atoms with van der Waals surface area (Å²) in [5.41, 5.74) is 0.662. The average molecular weight is 369 g/mol. The molecule has 0 bridgehead atoms. The maximum atomic E-state index is 8.80. The van der Waals surface area contributed by atoms with E-state index < -0.39 is 0 Å². The van der Waals surface area contributed by atoms with E-state index in [1.165, 1.54) is 0 Å². The van der Waals surface area contributed by atoms with Gasteiger partial charge in [-0.15, -0.1) is 0 Å². The highest BCUT2D eigenvalue weighted by Gasteiger charge is 2.04. The van der Waals surface area contributed by atoms with Gasteiger partial charge in [0.25, 0.3) is 0 Å². The minimum atomic E-state index is 0.662. The van der Waals surface area contributed by atoms with Gasteiger partial charge in [-0.1, -0.05) is 33.8 Å². The normalized spacial score (nSPS) is 9.94. The number of nitriles is 1. The maximum absolute atomic E-state index is 8.80. The summed E-state index contributed by atoms with van der Waals surface area (Å²) in [4.78, 5) is 2.26. The molecule has 17 heavy (non-hydrogen) atoms. The van der Waals surface area contributed by atoms with Gasteiger partial charge in [-0.3, -0.25) is 0 Å². The van der Waals surface area contributed by atoms with Crippen LogP contribution in [-0.4, -0.2) is 0 Å². The van der Waals surface area contributed by atoms with Gasteiger partial charge in [0.05, 0.1) is 11.6 Å². The van der Waals surface area contributed by atoms with E-state index in [9.17, 15) is 0 Å². The third-order valence-corrected chi connectivity index (χ3v) is 4.56. The van der Waals surface area contributed by atoms with Crippen molar-refractivity contribution >= 4 is 43.6 Å². The molecular weight excluding hydrogens is 362 g/mol. The van der Waals surface area contributed by atoms with Crippen molar-refractivity contribution in [3.05, 3.63) is 57.0 Å². The Bertz CT molecular complexity index is 590. The molecule has 0 radical (unpaired) electrons. The fraction of sp³-hybridized carbons (Fsp3) is 0. The van der Waals surface area contributed by atoms with Gasteiger partial charge in [0, 0.05) is 18.7 Å². The lowest BCUT2D eigenvalue weighted by molar-refractivity contribution is 1.35. The Kier molecular flexibility index (Phi) is 4.27. The van der Waals surface area contributed by atoms with Crippen LogP contribution in [0.15, 0.2) is 61.2 Å². The lowest BCUT2D eigenvalue weighted by atomic mass is 10.2. The first-order valence-corrected chi connectivity index (χ1v) is 7.22. The van der Waals surface area contributed by atoms with Crippen LogP contribution < -0.4 is 0 Å². The molecule has 0 spiro atoms. The van der Waals surface area contributed by atoms with Crippen LogP contribution in [-0.2, 0) is 0 Å². The SMILES string of the molecule is N#Cc1ccc(Sc2cccc(Br)c2)c(Br)c1. The number of hydrogen-bond acceptors (Lipinski definition) is 2. The minimum Gasteiger partial charge on any atom is -0.192 e. The minimum absolute atomic E-state index is 0.662. The van der Waals surface area contributed by atoms with E-state index >= 15 is 0 Å². The lowest BCUT2D eigenvalue weighted by Crippen LogP contribution is -1.79. The third kappa shape index (κ3) is 3.35. The Morgan fingerprint density at radius 2 is 1.88 bits per heavy atom. The second-order valence-corrected chi connectivity index (χ2v) is 6.20. The zero-order chi connectivity index (χ0) is 12.3. The molecule has 0 aromatic heterocycles. The van der Waals surface area contributed by atoms with E-state index in [2.05, 4.69) is 50.1 Å². The molecule has 1 nitrogen and oxygen atoms in total. The largest absolute Gasteiger partial charge is 0.192 e.